The maximum absolute atomic E-state index is 12.8. The minimum absolute atomic E-state index is 0.00945. The van der Waals surface area contributed by atoms with Gasteiger partial charge in [0, 0.05) is 29.6 Å². The molecule has 2 aromatic heterocycles. The van der Waals surface area contributed by atoms with Crippen molar-refractivity contribution in [1.29, 1.82) is 5.26 Å². The molecule has 0 saturated carbocycles. The van der Waals surface area contributed by atoms with E-state index in [4.69, 9.17) is 4.74 Å². The number of aromatic amines is 1. The molecule has 0 aliphatic rings. The van der Waals surface area contributed by atoms with Crippen LogP contribution in [-0.2, 0) is 11.3 Å². The molecule has 0 unspecified atom stereocenters. The van der Waals surface area contributed by atoms with Crippen molar-refractivity contribution in [2.24, 2.45) is 0 Å². The second-order valence-corrected chi connectivity index (χ2v) is 8.08. The van der Waals surface area contributed by atoms with Gasteiger partial charge >= 0.3 is 0 Å². The SMILES string of the molecule is COc1ccc([C@H](CNC(=O)Cn2nc(C)c(C)c(C#N)c2=O)c2c[nH]c3ccccc23)cc1. The van der Waals surface area contributed by atoms with Crippen LogP contribution < -0.4 is 15.6 Å². The number of benzene rings is 2. The molecule has 8 heteroatoms. The molecular formula is C26H25N5O3. The molecular weight excluding hydrogens is 430 g/mol. The van der Waals surface area contributed by atoms with Gasteiger partial charge in [-0.2, -0.15) is 10.4 Å². The van der Waals surface area contributed by atoms with Crippen molar-refractivity contribution < 1.29 is 9.53 Å². The molecule has 2 aromatic carbocycles. The molecule has 34 heavy (non-hydrogen) atoms. The number of methoxy groups -OCH3 is 1. The van der Waals surface area contributed by atoms with Crippen molar-refractivity contribution in [3.05, 3.63) is 93.0 Å². The first-order valence-corrected chi connectivity index (χ1v) is 10.9. The number of rotatable bonds is 7. The van der Waals surface area contributed by atoms with Crippen LogP contribution in [0.5, 0.6) is 5.75 Å². The minimum Gasteiger partial charge on any atom is -0.497 e. The lowest BCUT2D eigenvalue weighted by atomic mass is 9.91. The minimum atomic E-state index is -0.566. The van der Waals surface area contributed by atoms with Gasteiger partial charge in [-0.3, -0.25) is 9.59 Å². The van der Waals surface area contributed by atoms with E-state index in [9.17, 15) is 14.9 Å². The van der Waals surface area contributed by atoms with Gasteiger partial charge in [0.15, 0.2) is 0 Å². The molecule has 1 atom stereocenters. The summed E-state index contributed by atoms with van der Waals surface area (Å²) >= 11 is 0. The van der Waals surface area contributed by atoms with Crippen molar-refractivity contribution in [3.63, 3.8) is 0 Å². The molecule has 0 saturated heterocycles. The molecule has 2 heterocycles. The highest BCUT2D eigenvalue weighted by molar-refractivity contribution is 5.84. The standard InChI is InChI=1S/C26H25N5O3/c1-16-17(2)30-31(26(33)21(16)12-27)15-25(32)29-13-22(18-8-10-19(34-3)11-9-18)23-14-28-24-7-5-4-6-20(23)24/h4-11,14,22,28H,13,15H2,1-3H3,(H,29,32)/t22-/m0/s1. The van der Waals surface area contributed by atoms with Crippen LogP contribution in [0.15, 0.2) is 59.5 Å². The van der Waals surface area contributed by atoms with Gasteiger partial charge in [-0.25, -0.2) is 4.68 Å². The Morgan fingerprint density at radius 1 is 1.21 bits per heavy atom. The van der Waals surface area contributed by atoms with Crippen molar-refractivity contribution >= 4 is 16.8 Å². The summed E-state index contributed by atoms with van der Waals surface area (Å²) in [6.45, 7) is 3.43. The number of carbonyl (C=O) groups excluding carboxylic acids is 1. The number of H-pyrrole nitrogens is 1. The predicted molar refractivity (Wildman–Crippen MR) is 129 cm³/mol. The summed E-state index contributed by atoms with van der Waals surface area (Å²) < 4.78 is 6.33. The number of hydrogen-bond acceptors (Lipinski definition) is 5. The van der Waals surface area contributed by atoms with Crippen LogP contribution in [0.4, 0.5) is 0 Å². The van der Waals surface area contributed by atoms with Gasteiger partial charge in [0.25, 0.3) is 5.56 Å². The topological polar surface area (TPSA) is 113 Å². The molecule has 0 aliphatic carbocycles. The van der Waals surface area contributed by atoms with E-state index in [1.54, 1.807) is 21.0 Å². The number of aryl methyl sites for hydroxylation is 1. The number of fused-ring (bicyclic) bond motifs is 1. The van der Waals surface area contributed by atoms with Crippen molar-refractivity contribution in [3.8, 4) is 11.8 Å². The summed E-state index contributed by atoms with van der Waals surface area (Å²) in [5.74, 6) is 0.254. The van der Waals surface area contributed by atoms with Crippen LogP contribution in [0.25, 0.3) is 10.9 Å². The zero-order valence-corrected chi connectivity index (χ0v) is 19.3. The van der Waals surface area contributed by atoms with E-state index in [2.05, 4.69) is 15.4 Å². The fourth-order valence-electron chi connectivity index (χ4n) is 4.04. The zero-order valence-electron chi connectivity index (χ0n) is 19.3. The number of aromatic nitrogens is 3. The summed E-state index contributed by atoms with van der Waals surface area (Å²) in [6, 6.07) is 17.7. The van der Waals surface area contributed by atoms with E-state index in [1.165, 1.54) is 0 Å². The lowest BCUT2D eigenvalue weighted by Gasteiger charge is -2.19. The number of amides is 1. The molecule has 4 rings (SSSR count). The molecule has 2 N–H and O–H groups in total. The smallest absolute Gasteiger partial charge is 0.285 e. The Balaban J connectivity index is 1.60. The highest BCUT2D eigenvalue weighted by Gasteiger charge is 2.20. The third-order valence-electron chi connectivity index (χ3n) is 6.06. The normalized spacial score (nSPS) is 11.7. The summed E-state index contributed by atoms with van der Waals surface area (Å²) in [5.41, 5.74) is 3.59. The second-order valence-electron chi connectivity index (χ2n) is 8.08. The number of nitrogens with zero attached hydrogens (tertiary/aromatic N) is 3. The Morgan fingerprint density at radius 2 is 1.94 bits per heavy atom. The van der Waals surface area contributed by atoms with Gasteiger partial charge in [0.2, 0.25) is 5.91 Å². The van der Waals surface area contributed by atoms with Crippen LogP contribution in [-0.4, -0.2) is 34.3 Å². The van der Waals surface area contributed by atoms with Crippen molar-refractivity contribution in [2.45, 2.75) is 26.3 Å². The fourth-order valence-corrected chi connectivity index (χ4v) is 4.04. The molecule has 4 aromatic rings. The first-order valence-electron chi connectivity index (χ1n) is 10.9. The molecule has 0 fully saturated rings. The molecule has 0 bridgehead atoms. The Morgan fingerprint density at radius 3 is 2.65 bits per heavy atom. The first kappa shape index (κ1) is 22.8. The van der Waals surface area contributed by atoms with E-state index < -0.39 is 5.56 Å². The Kier molecular flexibility index (Phi) is 6.46. The van der Waals surface area contributed by atoms with Gasteiger partial charge in [-0.1, -0.05) is 30.3 Å². The monoisotopic (exact) mass is 455 g/mol. The number of hydrogen-bond donors (Lipinski definition) is 2. The van der Waals surface area contributed by atoms with Crippen LogP contribution in [0.3, 0.4) is 0 Å². The molecule has 172 valence electrons. The third kappa shape index (κ3) is 4.41. The largest absolute Gasteiger partial charge is 0.497 e. The van der Waals surface area contributed by atoms with Crippen molar-refractivity contribution in [2.75, 3.05) is 13.7 Å². The van der Waals surface area contributed by atoms with Crippen LogP contribution in [0, 0.1) is 25.2 Å². The van der Waals surface area contributed by atoms with Crippen LogP contribution >= 0.6 is 0 Å². The molecule has 1 amide bonds. The summed E-state index contributed by atoms with van der Waals surface area (Å²) in [6.07, 6.45) is 1.96. The molecule has 8 nitrogen and oxygen atoms in total. The van der Waals surface area contributed by atoms with Crippen LogP contribution in [0.2, 0.25) is 0 Å². The van der Waals surface area contributed by atoms with E-state index in [0.717, 1.165) is 32.5 Å². The Hall–Kier alpha value is -4.38. The van der Waals surface area contributed by atoms with Gasteiger partial charge < -0.3 is 15.0 Å². The lowest BCUT2D eigenvalue weighted by molar-refractivity contribution is -0.121. The first-order chi connectivity index (χ1) is 16.4. The number of nitrogens with one attached hydrogen (secondary N) is 2. The Bertz CT molecular complexity index is 1440. The number of nitriles is 1. The van der Waals surface area contributed by atoms with E-state index in [0.29, 0.717) is 17.8 Å². The number of carbonyl (C=O) groups is 1. The van der Waals surface area contributed by atoms with Crippen LogP contribution in [0.1, 0.15) is 33.9 Å². The lowest BCUT2D eigenvalue weighted by Crippen LogP contribution is -2.37. The number of ether oxygens (including phenoxy) is 1. The van der Waals surface area contributed by atoms with Gasteiger partial charge in [-0.15, -0.1) is 0 Å². The number of para-hydroxylation sites is 1. The maximum Gasteiger partial charge on any atom is 0.285 e. The molecule has 0 aliphatic heterocycles. The summed E-state index contributed by atoms with van der Waals surface area (Å²) in [5, 5.41) is 17.5. The summed E-state index contributed by atoms with van der Waals surface area (Å²) in [4.78, 5) is 28.6. The highest BCUT2D eigenvalue weighted by atomic mass is 16.5. The van der Waals surface area contributed by atoms with E-state index in [-0.39, 0.29) is 23.9 Å². The fraction of sp³-hybridized carbons (Fsp3) is 0.231. The zero-order chi connectivity index (χ0) is 24.2. The van der Waals surface area contributed by atoms with Gasteiger partial charge in [0.1, 0.15) is 23.9 Å². The predicted octanol–water partition coefficient (Wildman–Crippen LogP) is 3.17. The van der Waals surface area contributed by atoms with Crippen molar-refractivity contribution in [1.82, 2.24) is 20.1 Å². The molecule has 0 radical (unpaired) electrons. The maximum atomic E-state index is 12.8. The van der Waals surface area contributed by atoms with E-state index in [1.807, 2.05) is 60.8 Å². The quantitative estimate of drug-likeness (QED) is 0.444. The average Bonchev–Trinajstić information content (AvgIpc) is 3.27. The summed E-state index contributed by atoms with van der Waals surface area (Å²) in [7, 11) is 1.62. The Labute approximate surface area is 196 Å². The average molecular weight is 456 g/mol. The van der Waals surface area contributed by atoms with E-state index >= 15 is 0 Å². The molecule has 0 spiro atoms. The van der Waals surface area contributed by atoms with Gasteiger partial charge in [-0.05, 0) is 48.7 Å². The second kappa shape index (κ2) is 9.63. The van der Waals surface area contributed by atoms with Gasteiger partial charge in [0.05, 0.1) is 12.8 Å². The highest BCUT2D eigenvalue weighted by Crippen LogP contribution is 2.31. The third-order valence-corrected chi connectivity index (χ3v) is 6.06.